The van der Waals surface area contributed by atoms with E-state index in [1.54, 1.807) is 0 Å². The average molecular weight is 243 g/mol. The molecule has 17 heavy (non-hydrogen) atoms. The summed E-state index contributed by atoms with van der Waals surface area (Å²) in [6, 6.07) is 20.5. The van der Waals surface area contributed by atoms with Gasteiger partial charge < -0.3 is 0 Å². The highest BCUT2D eigenvalue weighted by Crippen LogP contribution is 2.19. The normalized spacial score (nSPS) is 11.5. The highest BCUT2D eigenvalue weighted by atomic mass is 35.5. The van der Waals surface area contributed by atoms with Crippen molar-refractivity contribution in [2.75, 3.05) is 0 Å². The molecule has 86 valence electrons. The minimum Gasteiger partial charge on any atom is -0.0840 e. The quantitative estimate of drug-likeness (QED) is 0.716. The molecule has 0 heterocycles. The molecule has 0 nitrogen and oxygen atoms in total. The van der Waals surface area contributed by atoms with E-state index in [9.17, 15) is 0 Å². The van der Waals surface area contributed by atoms with Crippen LogP contribution >= 0.6 is 11.6 Å². The molecule has 2 aromatic rings. The molecular weight excluding hydrogens is 228 g/mol. The summed E-state index contributed by atoms with van der Waals surface area (Å²) in [6.45, 7) is 0. The number of hydrogen-bond donors (Lipinski definition) is 0. The van der Waals surface area contributed by atoms with Crippen LogP contribution in [0.4, 0.5) is 0 Å². The van der Waals surface area contributed by atoms with Crippen molar-refractivity contribution >= 4 is 16.6 Å². The number of halogens is 1. The Morgan fingerprint density at radius 3 is 2.12 bits per heavy atom. The summed E-state index contributed by atoms with van der Waals surface area (Å²) in [5.41, 5.74) is 2.43. The molecule has 0 aromatic heterocycles. The van der Waals surface area contributed by atoms with Crippen molar-refractivity contribution in [1.82, 2.24) is 0 Å². The average Bonchev–Trinajstić information content (AvgIpc) is 2.41. The van der Waals surface area contributed by atoms with Crippen molar-refractivity contribution in [3.8, 4) is 0 Å². The van der Waals surface area contributed by atoms with E-state index in [1.165, 1.54) is 5.56 Å². The Balaban J connectivity index is 1.93. The molecule has 0 fully saturated rings. The third-order valence-electron chi connectivity index (χ3n) is 2.65. The Labute approximate surface area is 108 Å². The SMILES string of the molecule is Cl/C(=C/CCc1ccccc1)c1ccccc1. The second-order valence-corrected chi connectivity index (χ2v) is 4.35. The van der Waals surface area contributed by atoms with Crippen LogP contribution in [0.3, 0.4) is 0 Å². The zero-order valence-corrected chi connectivity index (χ0v) is 10.4. The lowest BCUT2D eigenvalue weighted by molar-refractivity contribution is 1.00. The molecule has 0 saturated heterocycles. The third-order valence-corrected chi connectivity index (χ3v) is 3.02. The molecule has 0 N–H and O–H groups in total. The van der Waals surface area contributed by atoms with E-state index < -0.39 is 0 Å². The number of benzene rings is 2. The minimum atomic E-state index is 0.835. The predicted molar refractivity (Wildman–Crippen MR) is 75.0 cm³/mol. The van der Waals surface area contributed by atoms with Crippen molar-refractivity contribution in [2.45, 2.75) is 12.8 Å². The van der Waals surface area contributed by atoms with Crippen LogP contribution in [0.1, 0.15) is 17.5 Å². The number of hydrogen-bond acceptors (Lipinski definition) is 0. The van der Waals surface area contributed by atoms with Crippen LogP contribution in [0.2, 0.25) is 0 Å². The van der Waals surface area contributed by atoms with Gasteiger partial charge in [0.25, 0.3) is 0 Å². The molecule has 0 radical (unpaired) electrons. The fourth-order valence-corrected chi connectivity index (χ4v) is 1.96. The standard InChI is InChI=1S/C16H15Cl/c17-16(15-11-5-2-6-12-15)13-7-10-14-8-3-1-4-9-14/h1-6,8-9,11-13H,7,10H2/b16-13+. The van der Waals surface area contributed by atoms with Gasteiger partial charge >= 0.3 is 0 Å². The maximum Gasteiger partial charge on any atom is 0.0438 e. The van der Waals surface area contributed by atoms with Gasteiger partial charge in [0.1, 0.15) is 0 Å². The molecule has 2 rings (SSSR count). The van der Waals surface area contributed by atoms with Gasteiger partial charge in [0.05, 0.1) is 0 Å². The van der Waals surface area contributed by atoms with Crippen LogP contribution < -0.4 is 0 Å². The summed E-state index contributed by atoms with van der Waals surface area (Å²) in [7, 11) is 0. The lowest BCUT2D eigenvalue weighted by Crippen LogP contribution is -1.82. The summed E-state index contributed by atoms with van der Waals surface area (Å²) in [6.07, 6.45) is 4.09. The van der Waals surface area contributed by atoms with Crippen LogP contribution in [-0.2, 0) is 6.42 Å². The summed E-state index contributed by atoms with van der Waals surface area (Å²) in [5, 5.41) is 0.835. The fraction of sp³-hybridized carbons (Fsp3) is 0.125. The lowest BCUT2D eigenvalue weighted by Gasteiger charge is -2.00. The Morgan fingerprint density at radius 2 is 1.47 bits per heavy atom. The summed E-state index contributed by atoms with van der Waals surface area (Å²) >= 11 is 6.23. The summed E-state index contributed by atoms with van der Waals surface area (Å²) in [4.78, 5) is 0. The third kappa shape index (κ3) is 3.76. The molecule has 0 spiro atoms. The molecule has 0 atom stereocenters. The van der Waals surface area contributed by atoms with Crippen LogP contribution in [-0.4, -0.2) is 0 Å². The van der Waals surface area contributed by atoms with Crippen molar-refractivity contribution < 1.29 is 0 Å². The van der Waals surface area contributed by atoms with E-state index in [4.69, 9.17) is 11.6 Å². The molecule has 0 saturated carbocycles. The molecule has 1 heteroatoms. The van der Waals surface area contributed by atoms with Crippen molar-refractivity contribution in [2.24, 2.45) is 0 Å². The number of aryl methyl sites for hydroxylation is 1. The topological polar surface area (TPSA) is 0 Å². The van der Waals surface area contributed by atoms with Gasteiger partial charge in [-0.25, -0.2) is 0 Å². The van der Waals surface area contributed by atoms with Gasteiger partial charge in [-0.3, -0.25) is 0 Å². The van der Waals surface area contributed by atoms with Gasteiger partial charge in [0, 0.05) is 5.03 Å². The first-order valence-electron chi connectivity index (χ1n) is 5.81. The van der Waals surface area contributed by atoms with Gasteiger partial charge in [-0.1, -0.05) is 78.3 Å². The molecule has 0 aliphatic heterocycles. The lowest BCUT2D eigenvalue weighted by atomic mass is 10.1. The molecule has 2 aromatic carbocycles. The first-order chi connectivity index (χ1) is 8.36. The largest absolute Gasteiger partial charge is 0.0840 e. The van der Waals surface area contributed by atoms with E-state index in [1.807, 2.05) is 36.4 Å². The monoisotopic (exact) mass is 242 g/mol. The highest BCUT2D eigenvalue weighted by Gasteiger charge is 1.96. The maximum atomic E-state index is 6.23. The Hall–Kier alpha value is -1.53. The van der Waals surface area contributed by atoms with Gasteiger partial charge in [-0.05, 0) is 24.0 Å². The predicted octanol–water partition coefficient (Wildman–Crippen LogP) is 4.90. The number of rotatable bonds is 4. The van der Waals surface area contributed by atoms with E-state index >= 15 is 0 Å². The molecule has 0 unspecified atom stereocenters. The molecular formula is C16H15Cl. The zero-order chi connectivity index (χ0) is 11.9. The minimum absolute atomic E-state index is 0.835. The van der Waals surface area contributed by atoms with E-state index in [0.717, 1.165) is 23.4 Å². The van der Waals surface area contributed by atoms with Crippen LogP contribution in [0.15, 0.2) is 66.7 Å². The Morgan fingerprint density at radius 1 is 0.882 bits per heavy atom. The molecule has 0 aliphatic carbocycles. The smallest absolute Gasteiger partial charge is 0.0438 e. The van der Waals surface area contributed by atoms with E-state index in [0.29, 0.717) is 0 Å². The van der Waals surface area contributed by atoms with Gasteiger partial charge in [-0.15, -0.1) is 0 Å². The van der Waals surface area contributed by atoms with Crippen LogP contribution in [0, 0.1) is 0 Å². The fourth-order valence-electron chi connectivity index (χ4n) is 1.73. The summed E-state index contributed by atoms with van der Waals surface area (Å²) < 4.78 is 0. The highest BCUT2D eigenvalue weighted by molar-refractivity contribution is 6.48. The van der Waals surface area contributed by atoms with Gasteiger partial charge in [0.15, 0.2) is 0 Å². The molecule has 0 aliphatic rings. The first kappa shape index (κ1) is 11.9. The van der Waals surface area contributed by atoms with Crippen molar-refractivity contribution in [1.29, 1.82) is 0 Å². The molecule has 0 bridgehead atoms. The van der Waals surface area contributed by atoms with Crippen LogP contribution in [0.5, 0.6) is 0 Å². The van der Waals surface area contributed by atoms with E-state index in [-0.39, 0.29) is 0 Å². The molecule has 0 amide bonds. The van der Waals surface area contributed by atoms with Gasteiger partial charge in [-0.2, -0.15) is 0 Å². The van der Waals surface area contributed by atoms with Gasteiger partial charge in [0.2, 0.25) is 0 Å². The van der Waals surface area contributed by atoms with Crippen molar-refractivity contribution in [3.63, 3.8) is 0 Å². The first-order valence-corrected chi connectivity index (χ1v) is 6.19. The maximum absolute atomic E-state index is 6.23. The second kappa shape index (κ2) is 6.27. The second-order valence-electron chi connectivity index (χ2n) is 3.94. The van der Waals surface area contributed by atoms with E-state index in [2.05, 4.69) is 30.3 Å². The number of allylic oxidation sites excluding steroid dienone is 1. The van der Waals surface area contributed by atoms with Crippen molar-refractivity contribution in [3.05, 3.63) is 77.9 Å². The van der Waals surface area contributed by atoms with Crippen LogP contribution in [0.25, 0.3) is 5.03 Å². The zero-order valence-electron chi connectivity index (χ0n) is 9.64. The summed E-state index contributed by atoms with van der Waals surface area (Å²) in [5.74, 6) is 0. The Bertz CT molecular complexity index is 471. The Kier molecular flexibility index (Phi) is 4.40.